The molecule has 0 bridgehead atoms. The van der Waals surface area contributed by atoms with Gasteiger partial charge in [0.15, 0.2) is 0 Å². The van der Waals surface area contributed by atoms with Crippen molar-refractivity contribution < 1.29 is 9.90 Å². The van der Waals surface area contributed by atoms with Crippen molar-refractivity contribution in [3.63, 3.8) is 0 Å². The van der Waals surface area contributed by atoms with Gasteiger partial charge in [-0.05, 0) is 11.4 Å². The van der Waals surface area contributed by atoms with Gasteiger partial charge in [0, 0.05) is 0 Å². The second kappa shape index (κ2) is 4.60. The zero-order valence-electron chi connectivity index (χ0n) is 6.78. The number of nitrogens with one attached hydrogen (secondary N) is 1. The van der Waals surface area contributed by atoms with Crippen molar-refractivity contribution in [1.29, 1.82) is 5.26 Å². The second-order valence-electron chi connectivity index (χ2n) is 2.30. The highest BCUT2D eigenvalue weighted by molar-refractivity contribution is 7.14. The van der Waals surface area contributed by atoms with Crippen LogP contribution in [-0.4, -0.2) is 17.6 Å². The summed E-state index contributed by atoms with van der Waals surface area (Å²) in [6, 6.07) is 3.59. The molecule has 4 nitrogen and oxygen atoms in total. The maximum atomic E-state index is 11.0. The molecule has 0 unspecified atom stereocenters. The van der Waals surface area contributed by atoms with Gasteiger partial charge in [0.2, 0.25) is 5.91 Å². The lowest BCUT2D eigenvalue weighted by atomic mass is 10.3. The number of carbonyl (C=O) groups excluding carboxylic acids is 1. The average Bonchev–Trinajstić information content (AvgIpc) is 2.52. The number of rotatable bonds is 3. The number of nitriles is 1. The van der Waals surface area contributed by atoms with E-state index in [9.17, 15) is 4.79 Å². The predicted molar refractivity (Wildman–Crippen MR) is 49.4 cm³/mol. The fourth-order valence-corrected chi connectivity index (χ4v) is 1.54. The summed E-state index contributed by atoms with van der Waals surface area (Å²) in [5.74, 6) is -0.276. The highest BCUT2D eigenvalue weighted by Crippen LogP contribution is 2.21. The summed E-state index contributed by atoms with van der Waals surface area (Å²) < 4.78 is 0. The third-order valence-corrected chi connectivity index (χ3v) is 2.21. The van der Waals surface area contributed by atoms with Crippen LogP contribution in [0.4, 0.5) is 5.00 Å². The quantitative estimate of drug-likeness (QED) is 0.755. The highest BCUT2D eigenvalue weighted by atomic mass is 32.1. The lowest BCUT2D eigenvalue weighted by Crippen LogP contribution is -2.12. The lowest BCUT2D eigenvalue weighted by molar-refractivity contribution is -0.116. The molecular weight excluding hydrogens is 188 g/mol. The molecule has 13 heavy (non-hydrogen) atoms. The zero-order chi connectivity index (χ0) is 9.68. The summed E-state index contributed by atoms with van der Waals surface area (Å²) >= 11 is 1.29. The van der Waals surface area contributed by atoms with Gasteiger partial charge in [0.05, 0.1) is 18.6 Å². The van der Waals surface area contributed by atoms with Crippen LogP contribution >= 0.6 is 11.3 Å². The molecule has 0 aliphatic rings. The number of carbonyl (C=O) groups is 1. The van der Waals surface area contributed by atoms with Crippen molar-refractivity contribution in [2.45, 2.75) is 6.42 Å². The molecule has 1 rings (SSSR count). The Labute approximate surface area is 79.4 Å². The van der Waals surface area contributed by atoms with Crippen LogP contribution in [-0.2, 0) is 4.79 Å². The Morgan fingerprint density at radius 2 is 2.54 bits per heavy atom. The van der Waals surface area contributed by atoms with E-state index in [1.807, 2.05) is 6.07 Å². The summed E-state index contributed by atoms with van der Waals surface area (Å²) in [6.07, 6.45) is 0.0583. The molecule has 0 aliphatic carbocycles. The minimum Gasteiger partial charge on any atom is -0.396 e. The average molecular weight is 196 g/mol. The van der Waals surface area contributed by atoms with Crippen LogP contribution in [0, 0.1) is 11.3 Å². The van der Waals surface area contributed by atoms with Crippen molar-refractivity contribution in [2.75, 3.05) is 11.9 Å². The Morgan fingerprint density at radius 1 is 1.77 bits per heavy atom. The Morgan fingerprint density at radius 3 is 3.15 bits per heavy atom. The normalized spacial score (nSPS) is 9.23. The van der Waals surface area contributed by atoms with Gasteiger partial charge >= 0.3 is 0 Å². The van der Waals surface area contributed by atoms with E-state index in [1.54, 1.807) is 11.4 Å². The number of anilines is 1. The van der Waals surface area contributed by atoms with Gasteiger partial charge in [0.25, 0.3) is 0 Å². The molecule has 0 saturated heterocycles. The van der Waals surface area contributed by atoms with E-state index in [0.29, 0.717) is 10.6 Å². The number of hydrogen-bond acceptors (Lipinski definition) is 4. The predicted octanol–water partition coefficient (Wildman–Crippen LogP) is 0.941. The number of nitrogens with zero attached hydrogens (tertiary/aromatic N) is 1. The van der Waals surface area contributed by atoms with Crippen LogP contribution in [0.5, 0.6) is 0 Å². The van der Waals surface area contributed by atoms with E-state index in [4.69, 9.17) is 10.4 Å². The van der Waals surface area contributed by atoms with Crippen molar-refractivity contribution in [3.8, 4) is 6.07 Å². The second-order valence-corrected chi connectivity index (χ2v) is 3.21. The third kappa shape index (κ3) is 2.54. The van der Waals surface area contributed by atoms with Gasteiger partial charge in [-0.25, -0.2) is 0 Å². The first kappa shape index (κ1) is 9.71. The molecule has 1 heterocycles. The van der Waals surface area contributed by atoms with Crippen LogP contribution in [0.2, 0.25) is 0 Å². The van der Waals surface area contributed by atoms with E-state index < -0.39 is 0 Å². The Balaban J connectivity index is 2.64. The first-order valence-electron chi connectivity index (χ1n) is 3.66. The Bertz CT molecular complexity index is 340. The standard InChI is InChI=1S/C8H8N2O2S/c9-5-6-2-4-13-8(6)10-7(12)1-3-11/h2,4,11H,1,3H2,(H,10,12). The molecule has 0 atom stereocenters. The number of aliphatic hydroxyl groups is 1. The van der Waals surface area contributed by atoms with Crippen molar-refractivity contribution >= 4 is 22.2 Å². The van der Waals surface area contributed by atoms with E-state index in [2.05, 4.69) is 5.32 Å². The molecule has 0 aliphatic heterocycles. The van der Waals surface area contributed by atoms with E-state index in [0.717, 1.165) is 0 Å². The first-order valence-corrected chi connectivity index (χ1v) is 4.54. The molecule has 68 valence electrons. The molecule has 1 aromatic heterocycles. The monoisotopic (exact) mass is 196 g/mol. The Hall–Kier alpha value is -1.38. The maximum absolute atomic E-state index is 11.0. The lowest BCUT2D eigenvalue weighted by Gasteiger charge is -2.00. The third-order valence-electron chi connectivity index (χ3n) is 1.38. The molecule has 2 N–H and O–H groups in total. The van der Waals surface area contributed by atoms with Crippen molar-refractivity contribution in [2.24, 2.45) is 0 Å². The minimum atomic E-state index is -0.276. The smallest absolute Gasteiger partial charge is 0.227 e. The number of amides is 1. The van der Waals surface area contributed by atoms with Gasteiger partial charge < -0.3 is 10.4 Å². The molecule has 0 spiro atoms. The molecule has 0 aromatic carbocycles. The zero-order valence-corrected chi connectivity index (χ0v) is 7.60. The number of aliphatic hydroxyl groups excluding tert-OH is 1. The fraction of sp³-hybridized carbons (Fsp3) is 0.250. The van der Waals surface area contributed by atoms with Crippen molar-refractivity contribution in [3.05, 3.63) is 17.0 Å². The summed E-state index contributed by atoms with van der Waals surface area (Å²) in [7, 11) is 0. The van der Waals surface area contributed by atoms with Crippen LogP contribution < -0.4 is 5.32 Å². The molecular formula is C8H8N2O2S. The summed E-state index contributed by atoms with van der Waals surface area (Å²) in [6.45, 7) is -0.181. The number of hydrogen-bond donors (Lipinski definition) is 2. The van der Waals surface area contributed by atoms with Crippen LogP contribution in [0.3, 0.4) is 0 Å². The van der Waals surface area contributed by atoms with Crippen LogP contribution in [0.25, 0.3) is 0 Å². The summed E-state index contributed by atoms with van der Waals surface area (Å²) in [5.41, 5.74) is 0.455. The largest absolute Gasteiger partial charge is 0.396 e. The summed E-state index contributed by atoms with van der Waals surface area (Å²) in [4.78, 5) is 11.0. The first-order chi connectivity index (χ1) is 6.27. The maximum Gasteiger partial charge on any atom is 0.227 e. The van der Waals surface area contributed by atoms with E-state index in [-0.39, 0.29) is 18.9 Å². The van der Waals surface area contributed by atoms with Gasteiger partial charge in [-0.3, -0.25) is 4.79 Å². The van der Waals surface area contributed by atoms with E-state index in [1.165, 1.54) is 11.3 Å². The SMILES string of the molecule is N#Cc1ccsc1NC(=O)CCO. The molecule has 1 aromatic rings. The van der Waals surface area contributed by atoms with Gasteiger partial charge in [0.1, 0.15) is 11.1 Å². The minimum absolute atomic E-state index is 0.0583. The molecule has 0 fully saturated rings. The number of thiophene rings is 1. The molecule has 0 radical (unpaired) electrons. The topological polar surface area (TPSA) is 73.1 Å². The van der Waals surface area contributed by atoms with Crippen molar-refractivity contribution in [1.82, 2.24) is 0 Å². The highest BCUT2D eigenvalue weighted by Gasteiger charge is 2.06. The fourth-order valence-electron chi connectivity index (χ4n) is 0.785. The molecule has 1 amide bonds. The Kier molecular flexibility index (Phi) is 3.43. The van der Waals surface area contributed by atoms with Gasteiger partial charge in [-0.2, -0.15) is 5.26 Å². The van der Waals surface area contributed by atoms with E-state index >= 15 is 0 Å². The van der Waals surface area contributed by atoms with Crippen LogP contribution in [0.15, 0.2) is 11.4 Å². The van der Waals surface area contributed by atoms with Gasteiger partial charge in [-0.1, -0.05) is 0 Å². The summed E-state index contributed by atoms with van der Waals surface area (Å²) in [5, 5.41) is 21.9. The van der Waals surface area contributed by atoms with Gasteiger partial charge in [-0.15, -0.1) is 11.3 Å². The molecule has 0 saturated carbocycles. The molecule has 5 heteroatoms. The van der Waals surface area contributed by atoms with Crippen LogP contribution in [0.1, 0.15) is 12.0 Å².